The quantitative estimate of drug-likeness (QED) is 0.163. The Hall–Kier alpha value is -9.18. The van der Waals surface area contributed by atoms with E-state index in [0.29, 0.717) is 0 Å². The van der Waals surface area contributed by atoms with E-state index in [0.717, 1.165) is 49.0 Å². The molecule has 15 rings (SSSR count). The lowest BCUT2D eigenvalue weighted by Gasteiger charge is -2.32. The lowest BCUT2D eigenvalue weighted by molar-refractivity contribution is 0.00578. The number of hydrogen-bond acceptors (Lipinski definition) is 4. The van der Waals surface area contributed by atoms with Gasteiger partial charge in [-0.1, -0.05) is 222 Å². The second-order valence-electron chi connectivity index (χ2n) is 21.9. The molecule has 0 aliphatic carbocycles. The van der Waals surface area contributed by atoms with Crippen LogP contribution in [0.1, 0.15) is 27.7 Å². The molecular weight excluding hydrogens is 1070 g/mol. The molecular formula is C74H58BBrN2O4. The third kappa shape index (κ3) is 9.38. The molecule has 12 aromatic carbocycles. The first kappa shape index (κ1) is 52.2. The fourth-order valence-electron chi connectivity index (χ4n) is 11.6. The van der Waals surface area contributed by atoms with Gasteiger partial charge in [-0.3, -0.25) is 0 Å². The molecule has 0 bridgehead atoms. The van der Waals surface area contributed by atoms with E-state index in [1.165, 1.54) is 70.8 Å². The average Bonchev–Trinajstić information content (AvgIpc) is 3.81. The maximum Gasteiger partial charge on any atom is 0.494 e. The van der Waals surface area contributed by atoms with Crippen LogP contribution in [0.2, 0.25) is 0 Å². The third-order valence-corrected chi connectivity index (χ3v) is 17.1. The summed E-state index contributed by atoms with van der Waals surface area (Å²) in [6.45, 7) is 8.13. The number of nitrogens with zero attached hydrogens (tertiary/aromatic N) is 2. The van der Waals surface area contributed by atoms with Gasteiger partial charge in [-0.2, -0.15) is 0 Å². The van der Waals surface area contributed by atoms with Gasteiger partial charge in [0, 0.05) is 47.9 Å². The zero-order chi connectivity index (χ0) is 56.1. The number of rotatable bonds is 6. The average molecular weight is 1130 g/mol. The van der Waals surface area contributed by atoms with Crippen molar-refractivity contribution >= 4 is 93.7 Å². The fourth-order valence-corrected chi connectivity index (χ4v) is 12.1. The Morgan fingerprint density at radius 2 is 0.695 bits per heavy atom. The fraction of sp³-hybridized carbons (Fsp3) is 0.0811. The van der Waals surface area contributed by atoms with E-state index >= 15 is 0 Å². The third-order valence-electron chi connectivity index (χ3n) is 16.4. The van der Waals surface area contributed by atoms with Gasteiger partial charge in [0.25, 0.3) is 0 Å². The highest BCUT2D eigenvalue weighted by Gasteiger charge is 2.51. The van der Waals surface area contributed by atoms with Crippen molar-refractivity contribution in [3.05, 3.63) is 271 Å². The van der Waals surface area contributed by atoms with Crippen LogP contribution in [0.5, 0.6) is 11.5 Å². The van der Waals surface area contributed by atoms with Crippen molar-refractivity contribution < 1.29 is 19.5 Å². The molecule has 0 radical (unpaired) electrons. The van der Waals surface area contributed by atoms with Crippen molar-refractivity contribution in [3.8, 4) is 56.3 Å². The number of fused-ring (bicyclic) bond motifs is 8. The van der Waals surface area contributed by atoms with Crippen LogP contribution in [-0.4, -0.2) is 37.7 Å². The Labute approximate surface area is 486 Å². The summed E-state index contributed by atoms with van der Waals surface area (Å²) in [7, 11) is -0.423. The predicted molar refractivity (Wildman–Crippen MR) is 346 cm³/mol. The standard InChI is InChI=1S/C34H23NO.C22H14BrN.C18H21BO3/c36-34-21-18-24(22-30(34)23-10-2-1-3-11-23)25-19-20-33(27-13-5-4-12-26(25)27)35-31-16-8-6-14-28(31)29-15-7-9-17-32(29)35;23-19-13-14-22(16-8-2-1-7-15(16)19)24-20-11-5-3-9-17(20)18-10-4-6-12-21(18)24;1-17(2)18(3,4)22-19(21-17)14-10-11-16(20)15(12-14)13-8-6-5-7-9-13/h1-22,36H;1-14H;5-12,20H,1-4H3. The van der Waals surface area contributed by atoms with Crippen molar-refractivity contribution in [3.63, 3.8) is 0 Å². The molecule has 0 unspecified atom stereocenters. The molecule has 0 spiro atoms. The minimum absolute atomic E-state index is 0.256. The molecule has 1 aliphatic heterocycles. The zero-order valence-electron chi connectivity index (χ0n) is 46.0. The van der Waals surface area contributed by atoms with Gasteiger partial charge >= 0.3 is 7.12 Å². The highest BCUT2D eigenvalue weighted by Crippen LogP contribution is 2.42. The van der Waals surface area contributed by atoms with Gasteiger partial charge in [0.1, 0.15) is 11.5 Å². The maximum atomic E-state index is 10.6. The smallest absolute Gasteiger partial charge is 0.494 e. The summed E-state index contributed by atoms with van der Waals surface area (Å²) in [5.41, 5.74) is 13.2. The lowest BCUT2D eigenvalue weighted by Crippen LogP contribution is -2.41. The van der Waals surface area contributed by atoms with Gasteiger partial charge in [-0.25, -0.2) is 0 Å². The molecule has 2 aromatic heterocycles. The number of hydrogen-bond donors (Lipinski definition) is 2. The summed E-state index contributed by atoms with van der Waals surface area (Å²) >= 11 is 3.68. The molecule has 82 heavy (non-hydrogen) atoms. The Balaban J connectivity index is 0.000000121. The lowest BCUT2D eigenvalue weighted by atomic mass is 9.77. The number of halogens is 1. The van der Waals surface area contributed by atoms with Crippen molar-refractivity contribution in [1.82, 2.24) is 9.13 Å². The Morgan fingerprint density at radius 1 is 0.329 bits per heavy atom. The molecule has 14 aromatic rings. The Morgan fingerprint density at radius 3 is 1.17 bits per heavy atom. The summed E-state index contributed by atoms with van der Waals surface area (Å²) in [5, 5.41) is 30.7. The molecule has 2 N–H and O–H groups in total. The highest BCUT2D eigenvalue weighted by molar-refractivity contribution is 9.10. The number of para-hydroxylation sites is 4. The molecule has 0 amide bonds. The molecule has 1 fully saturated rings. The first-order valence-electron chi connectivity index (χ1n) is 27.7. The minimum atomic E-state index is -0.423. The van der Waals surface area contributed by atoms with Crippen LogP contribution in [0.3, 0.4) is 0 Å². The van der Waals surface area contributed by atoms with Gasteiger partial charge < -0.3 is 28.7 Å². The van der Waals surface area contributed by atoms with Gasteiger partial charge in [0.2, 0.25) is 0 Å². The van der Waals surface area contributed by atoms with E-state index in [-0.39, 0.29) is 22.7 Å². The van der Waals surface area contributed by atoms with E-state index < -0.39 is 7.12 Å². The number of aromatic nitrogens is 2. The first-order chi connectivity index (χ1) is 39.9. The van der Waals surface area contributed by atoms with Crippen LogP contribution >= 0.6 is 15.9 Å². The molecule has 0 atom stereocenters. The Kier molecular flexibility index (Phi) is 13.6. The van der Waals surface area contributed by atoms with Crippen LogP contribution in [0, 0.1) is 0 Å². The predicted octanol–water partition coefficient (Wildman–Crippen LogP) is 19.0. The second-order valence-corrected chi connectivity index (χ2v) is 22.7. The van der Waals surface area contributed by atoms with Crippen molar-refractivity contribution in [1.29, 1.82) is 0 Å². The zero-order valence-corrected chi connectivity index (χ0v) is 47.6. The molecule has 1 saturated heterocycles. The summed E-state index contributed by atoms with van der Waals surface area (Å²) in [4.78, 5) is 0. The largest absolute Gasteiger partial charge is 0.507 e. The van der Waals surface area contributed by atoms with Crippen molar-refractivity contribution in [2.75, 3.05) is 0 Å². The number of aromatic hydroxyl groups is 2. The highest BCUT2D eigenvalue weighted by atomic mass is 79.9. The number of benzene rings is 12. The monoisotopic (exact) mass is 1130 g/mol. The van der Waals surface area contributed by atoms with Gasteiger partial charge in [0.05, 0.1) is 44.6 Å². The van der Waals surface area contributed by atoms with E-state index in [9.17, 15) is 10.2 Å². The molecule has 0 saturated carbocycles. The maximum absolute atomic E-state index is 10.6. The van der Waals surface area contributed by atoms with Crippen LogP contribution in [0.25, 0.3) is 110 Å². The van der Waals surface area contributed by atoms with Gasteiger partial charge in [-0.05, 0) is 127 Å². The van der Waals surface area contributed by atoms with Crippen LogP contribution in [0.15, 0.2) is 271 Å². The number of phenolic OH excluding ortho intramolecular Hbond substituents is 2. The van der Waals surface area contributed by atoms with E-state index in [4.69, 9.17) is 9.31 Å². The minimum Gasteiger partial charge on any atom is -0.507 e. The Bertz CT molecular complexity index is 4580. The summed E-state index contributed by atoms with van der Waals surface area (Å²) in [6, 6.07) is 91.6. The summed E-state index contributed by atoms with van der Waals surface area (Å²) < 4.78 is 18.0. The molecule has 3 heterocycles. The summed E-state index contributed by atoms with van der Waals surface area (Å²) in [6.07, 6.45) is 0. The summed E-state index contributed by atoms with van der Waals surface area (Å²) in [5.74, 6) is 0.544. The van der Waals surface area contributed by atoms with Crippen LogP contribution in [-0.2, 0) is 9.31 Å². The van der Waals surface area contributed by atoms with Crippen LogP contribution < -0.4 is 5.46 Å². The van der Waals surface area contributed by atoms with E-state index in [2.05, 4.69) is 201 Å². The first-order valence-corrected chi connectivity index (χ1v) is 28.5. The van der Waals surface area contributed by atoms with E-state index in [1.54, 1.807) is 12.1 Å². The normalized spacial score (nSPS) is 13.6. The van der Waals surface area contributed by atoms with Gasteiger partial charge in [0.15, 0.2) is 0 Å². The molecule has 8 heteroatoms. The van der Waals surface area contributed by atoms with E-state index in [1.807, 2.05) is 107 Å². The van der Waals surface area contributed by atoms with Crippen molar-refractivity contribution in [2.24, 2.45) is 0 Å². The topological polar surface area (TPSA) is 68.8 Å². The van der Waals surface area contributed by atoms with Crippen LogP contribution in [0.4, 0.5) is 0 Å². The van der Waals surface area contributed by atoms with Gasteiger partial charge in [-0.15, -0.1) is 0 Å². The second kappa shape index (κ2) is 21.4. The molecule has 1 aliphatic rings. The molecule has 6 nitrogen and oxygen atoms in total. The van der Waals surface area contributed by atoms with Crippen molar-refractivity contribution in [2.45, 2.75) is 38.9 Å². The SMILES string of the molecule is Brc1ccc(-n2c3ccccc3c3ccccc32)c2ccccc12.CC1(C)OB(c2ccc(O)c(-c3ccccc3)c2)OC1(C)C.Oc1ccc(-c2ccc(-n3c4ccccc4c4ccccc43)c3ccccc23)cc1-c1ccccc1. The number of phenols is 2. The molecule has 398 valence electrons.